The van der Waals surface area contributed by atoms with Gasteiger partial charge in [0.05, 0.1) is 0 Å². The van der Waals surface area contributed by atoms with Gasteiger partial charge in [0.25, 0.3) is 11.8 Å². The van der Waals surface area contributed by atoms with Crippen molar-refractivity contribution in [3.05, 3.63) is 58.9 Å². The summed E-state index contributed by atoms with van der Waals surface area (Å²) in [5.41, 5.74) is 4.03. The van der Waals surface area contributed by atoms with E-state index in [4.69, 9.17) is 5.21 Å². The second-order valence-corrected chi connectivity index (χ2v) is 11.2. The van der Waals surface area contributed by atoms with E-state index in [9.17, 15) is 18.0 Å². The fourth-order valence-corrected chi connectivity index (χ4v) is 5.01. The molecule has 2 amide bonds. The number of benzene rings is 2. The number of amides is 2. The third-order valence-corrected chi connectivity index (χ3v) is 8.44. The molecule has 2 aromatic carbocycles. The molecule has 32 heavy (non-hydrogen) atoms. The van der Waals surface area contributed by atoms with Crippen LogP contribution in [0.1, 0.15) is 34.8 Å². The molecular weight excluding hydrogens is 503 g/mol. The summed E-state index contributed by atoms with van der Waals surface area (Å²) in [5, 5.41) is 9.77. The van der Waals surface area contributed by atoms with Crippen molar-refractivity contribution in [3.8, 4) is 11.1 Å². The number of carbonyl (C=O) groups is 2. The fourth-order valence-electron chi connectivity index (χ4n) is 3.71. The number of alkyl halides is 1. The van der Waals surface area contributed by atoms with Crippen LogP contribution >= 0.6 is 15.9 Å². The maximum absolute atomic E-state index is 15.3. The highest BCUT2D eigenvalue weighted by Crippen LogP contribution is 2.33. The molecule has 0 bridgehead atoms. The normalized spacial score (nSPS) is 15.4. The molecular formula is C22H24BrFN2O5S. The Morgan fingerprint density at radius 2 is 1.84 bits per heavy atom. The van der Waals surface area contributed by atoms with Crippen LogP contribution in [0.2, 0.25) is 0 Å². The average molecular weight is 527 g/mol. The molecule has 0 radical (unpaired) electrons. The van der Waals surface area contributed by atoms with E-state index in [2.05, 4.69) is 15.9 Å². The largest absolute Gasteiger partial charge is 0.334 e. The topological polar surface area (TPSA) is 104 Å². The molecule has 2 aromatic rings. The summed E-state index contributed by atoms with van der Waals surface area (Å²) >= 11 is 3.39. The van der Waals surface area contributed by atoms with E-state index >= 15 is 4.39 Å². The summed E-state index contributed by atoms with van der Waals surface area (Å²) in [5.74, 6) is -2.01. The lowest BCUT2D eigenvalue weighted by molar-refractivity contribution is -0.131. The highest BCUT2D eigenvalue weighted by molar-refractivity contribution is 9.09. The molecule has 1 heterocycles. The van der Waals surface area contributed by atoms with Crippen LogP contribution in [0.5, 0.6) is 0 Å². The summed E-state index contributed by atoms with van der Waals surface area (Å²) in [6.45, 7) is 1.05. The summed E-state index contributed by atoms with van der Waals surface area (Å²) in [6, 6.07) is 10.7. The molecule has 0 saturated carbocycles. The standard InChI is InChI=1S/C22H24BrFN2O5S/c1-22(21(28)25-29,32(2,30)31)10-12-26-13-18-17(20(26)27)8-7-16(19(18)24)15-5-3-14(4-6-15)9-11-23/h3-8,29H,9-13H2,1-2H3,(H,25,28). The van der Waals surface area contributed by atoms with Crippen molar-refractivity contribution in [2.75, 3.05) is 18.1 Å². The van der Waals surface area contributed by atoms with Crippen molar-refractivity contribution in [2.24, 2.45) is 0 Å². The average Bonchev–Trinajstić information content (AvgIpc) is 3.08. The molecule has 0 spiro atoms. The van der Waals surface area contributed by atoms with E-state index in [1.54, 1.807) is 12.1 Å². The van der Waals surface area contributed by atoms with Gasteiger partial charge in [0.15, 0.2) is 14.6 Å². The van der Waals surface area contributed by atoms with Gasteiger partial charge in [0.1, 0.15) is 5.82 Å². The fraction of sp³-hybridized carbons (Fsp3) is 0.364. The third-order valence-electron chi connectivity index (χ3n) is 6.02. The Hall–Kier alpha value is -2.30. The van der Waals surface area contributed by atoms with Gasteiger partial charge in [-0.05, 0) is 37.0 Å². The van der Waals surface area contributed by atoms with Crippen molar-refractivity contribution in [3.63, 3.8) is 0 Å². The molecule has 1 atom stereocenters. The van der Waals surface area contributed by atoms with Gasteiger partial charge in [-0.15, -0.1) is 0 Å². The minimum Gasteiger partial charge on any atom is -0.334 e. The van der Waals surface area contributed by atoms with Crippen LogP contribution in [0.3, 0.4) is 0 Å². The molecule has 1 unspecified atom stereocenters. The summed E-state index contributed by atoms with van der Waals surface area (Å²) in [4.78, 5) is 26.1. The summed E-state index contributed by atoms with van der Waals surface area (Å²) in [7, 11) is -3.90. The van der Waals surface area contributed by atoms with E-state index in [0.29, 0.717) is 11.1 Å². The molecule has 0 aromatic heterocycles. The lowest BCUT2D eigenvalue weighted by Gasteiger charge is -2.27. The number of carbonyl (C=O) groups excluding carboxylic acids is 2. The summed E-state index contributed by atoms with van der Waals surface area (Å²) in [6.07, 6.45) is 1.50. The number of fused-ring (bicyclic) bond motifs is 1. The van der Waals surface area contributed by atoms with E-state index < -0.39 is 32.2 Å². The second kappa shape index (κ2) is 9.29. The number of hydroxylamine groups is 1. The number of hydrogen-bond acceptors (Lipinski definition) is 5. The predicted octanol–water partition coefficient (Wildman–Crippen LogP) is 3.08. The van der Waals surface area contributed by atoms with Gasteiger partial charge in [-0.3, -0.25) is 14.8 Å². The zero-order chi connectivity index (χ0) is 23.7. The Morgan fingerprint density at radius 1 is 1.22 bits per heavy atom. The predicted molar refractivity (Wildman–Crippen MR) is 122 cm³/mol. The monoisotopic (exact) mass is 526 g/mol. The van der Waals surface area contributed by atoms with E-state index in [1.165, 1.54) is 17.3 Å². The Labute approximate surface area is 194 Å². The molecule has 0 aliphatic carbocycles. The molecule has 7 nitrogen and oxygen atoms in total. The minimum absolute atomic E-state index is 0.0317. The smallest absolute Gasteiger partial charge is 0.264 e. The Morgan fingerprint density at radius 3 is 2.41 bits per heavy atom. The summed E-state index contributed by atoms with van der Waals surface area (Å²) < 4.78 is 37.7. The maximum Gasteiger partial charge on any atom is 0.264 e. The van der Waals surface area contributed by atoms with Gasteiger partial charge in [-0.2, -0.15) is 0 Å². The van der Waals surface area contributed by atoms with Gasteiger partial charge in [-0.1, -0.05) is 46.3 Å². The number of aryl methyl sites for hydroxylation is 1. The molecule has 172 valence electrons. The zero-order valence-electron chi connectivity index (χ0n) is 17.7. The van der Waals surface area contributed by atoms with Gasteiger partial charge in [-0.25, -0.2) is 18.3 Å². The molecule has 2 N–H and O–H groups in total. The van der Waals surface area contributed by atoms with Gasteiger partial charge >= 0.3 is 0 Å². The quantitative estimate of drug-likeness (QED) is 0.312. The molecule has 3 rings (SSSR count). The second-order valence-electron chi connectivity index (χ2n) is 8.01. The van der Waals surface area contributed by atoms with Crippen LogP contribution in [0.15, 0.2) is 36.4 Å². The Balaban J connectivity index is 1.84. The van der Waals surface area contributed by atoms with Crippen LogP contribution < -0.4 is 5.48 Å². The lowest BCUT2D eigenvalue weighted by Crippen LogP contribution is -2.50. The highest BCUT2D eigenvalue weighted by atomic mass is 79.9. The number of nitrogens with zero attached hydrogens (tertiary/aromatic N) is 1. The van der Waals surface area contributed by atoms with Crippen LogP contribution in [0, 0.1) is 5.82 Å². The van der Waals surface area contributed by atoms with Crippen LogP contribution in [-0.4, -0.2) is 53.2 Å². The first kappa shape index (κ1) is 24.3. The van der Waals surface area contributed by atoms with E-state index in [1.807, 2.05) is 24.3 Å². The zero-order valence-corrected chi connectivity index (χ0v) is 20.1. The first-order valence-electron chi connectivity index (χ1n) is 9.93. The van der Waals surface area contributed by atoms with E-state index in [0.717, 1.165) is 23.6 Å². The van der Waals surface area contributed by atoms with Crippen molar-refractivity contribution in [1.29, 1.82) is 0 Å². The SMILES string of the molecule is CC(CCN1Cc2c(ccc(-c3ccc(CCBr)cc3)c2F)C1=O)(C(=O)NO)S(C)(=O)=O. The first-order valence-corrected chi connectivity index (χ1v) is 12.9. The molecule has 0 saturated heterocycles. The van der Waals surface area contributed by atoms with Crippen LogP contribution in [0.4, 0.5) is 4.39 Å². The van der Waals surface area contributed by atoms with Crippen molar-refractivity contribution < 1.29 is 27.6 Å². The van der Waals surface area contributed by atoms with Gasteiger partial charge in [0, 0.05) is 41.4 Å². The first-order chi connectivity index (χ1) is 15.0. The molecule has 1 aliphatic rings. The van der Waals surface area contributed by atoms with E-state index in [-0.39, 0.29) is 30.6 Å². The minimum atomic E-state index is -3.90. The number of halogens is 2. The Bertz CT molecular complexity index is 1150. The lowest BCUT2D eigenvalue weighted by atomic mass is 9.98. The number of nitrogens with one attached hydrogen (secondary N) is 1. The maximum atomic E-state index is 15.3. The van der Waals surface area contributed by atoms with Crippen molar-refractivity contribution >= 4 is 37.6 Å². The van der Waals surface area contributed by atoms with Gasteiger partial charge in [0.2, 0.25) is 0 Å². The molecule has 10 heteroatoms. The highest BCUT2D eigenvalue weighted by Gasteiger charge is 2.44. The molecule has 0 fully saturated rings. The van der Waals surface area contributed by atoms with Crippen LogP contribution in [-0.2, 0) is 27.6 Å². The van der Waals surface area contributed by atoms with Crippen molar-refractivity contribution in [2.45, 2.75) is 31.1 Å². The number of hydrogen-bond donors (Lipinski definition) is 2. The number of sulfone groups is 1. The van der Waals surface area contributed by atoms with Crippen LogP contribution in [0.25, 0.3) is 11.1 Å². The number of rotatable bonds is 8. The van der Waals surface area contributed by atoms with Crippen molar-refractivity contribution in [1.82, 2.24) is 10.4 Å². The Kier molecular flexibility index (Phi) is 7.06. The van der Waals surface area contributed by atoms with Gasteiger partial charge < -0.3 is 4.90 Å². The molecule has 1 aliphatic heterocycles. The third kappa shape index (κ3) is 4.44.